The van der Waals surface area contributed by atoms with E-state index >= 15 is 0 Å². The van der Waals surface area contributed by atoms with Gasteiger partial charge in [-0.2, -0.15) is 0 Å². The minimum absolute atomic E-state index is 0.0480. The van der Waals surface area contributed by atoms with Crippen LogP contribution >= 0.6 is 0 Å². The van der Waals surface area contributed by atoms with Crippen molar-refractivity contribution in [2.45, 2.75) is 91.0 Å². The van der Waals surface area contributed by atoms with Crippen molar-refractivity contribution in [2.75, 3.05) is 13.7 Å². The minimum atomic E-state index is -1.08. The fourth-order valence-corrected chi connectivity index (χ4v) is 3.82. The number of ketones is 1. The Labute approximate surface area is 193 Å². The Morgan fingerprint density at radius 1 is 0.906 bits per heavy atom. The summed E-state index contributed by atoms with van der Waals surface area (Å²) in [5, 5.41) is 9.38. The molecule has 32 heavy (non-hydrogen) atoms. The highest BCUT2D eigenvalue weighted by atomic mass is 16.5. The quantitative estimate of drug-likeness (QED) is 0.233. The number of hydrogen-bond acceptors (Lipinski definition) is 4. The van der Waals surface area contributed by atoms with Gasteiger partial charge in [0.2, 0.25) is 5.91 Å². The molecule has 0 aliphatic rings. The van der Waals surface area contributed by atoms with Crippen LogP contribution in [0, 0.1) is 5.92 Å². The van der Waals surface area contributed by atoms with E-state index in [2.05, 4.69) is 13.8 Å². The number of benzene rings is 1. The van der Waals surface area contributed by atoms with E-state index in [1.54, 1.807) is 19.2 Å². The van der Waals surface area contributed by atoms with Gasteiger partial charge in [0.1, 0.15) is 18.1 Å². The lowest BCUT2D eigenvalue weighted by atomic mass is 9.91. The Hall–Kier alpha value is -2.37. The van der Waals surface area contributed by atoms with Crippen LogP contribution in [0.1, 0.15) is 90.0 Å². The first-order valence-corrected chi connectivity index (χ1v) is 12.1. The maximum atomic E-state index is 13.4. The van der Waals surface area contributed by atoms with Crippen molar-refractivity contribution in [3.63, 3.8) is 0 Å². The molecule has 0 heterocycles. The average molecular weight is 448 g/mol. The highest BCUT2D eigenvalue weighted by Crippen LogP contribution is 2.21. The zero-order valence-corrected chi connectivity index (χ0v) is 20.1. The first kappa shape index (κ1) is 27.7. The number of carboxylic acid groups (broad SMARTS) is 1. The third-order valence-electron chi connectivity index (χ3n) is 5.73. The molecule has 1 aromatic carbocycles. The summed E-state index contributed by atoms with van der Waals surface area (Å²) < 4.78 is 5.16. The molecule has 0 aliphatic heterocycles. The third-order valence-corrected chi connectivity index (χ3v) is 5.73. The van der Waals surface area contributed by atoms with Crippen molar-refractivity contribution < 1.29 is 24.2 Å². The molecule has 6 nitrogen and oxygen atoms in total. The molecule has 0 aliphatic carbocycles. The topological polar surface area (TPSA) is 83.9 Å². The standard InChI is InChI=1S/C26H41NO5/c1-4-6-8-10-12-14-24(28)23(13-11-9-7-5-2)26(31)27(20-25(29)30)19-21-15-17-22(32-3)18-16-21/h15-18,23H,4-14,19-20H2,1-3H3,(H,29,30). The van der Waals surface area contributed by atoms with Crippen LogP contribution in [0.3, 0.4) is 0 Å². The maximum Gasteiger partial charge on any atom is 0.323 e. The van der Waals surface area contributed by atoms with Crippen molar-refractivity contribution in [2.24, 2.45) is 5.92 Å². The molecule has 1 amide bonds. The maximum absolute atomic E-state index is 13.4. The average Bonchev–Trinajstić information content (AvgIpc) is 2.78. The number of Topliss-reactive ketones (excluding diaryl/α,β-unsaturated/α-hetero) is 1. The predicted octanol–water partition coefficient (Wildman–Crippen LogP) is 5.62. The second-order valence-electron chi connectivity index (χ2n) is 8.47. The van der Waals surface area contributed by atoms with Gasteiger partial charge in [-0.05, 0) is 30.5 Å². The fraction of sp³-hybridized carbons (Fsp3) is 0.654. The minimum Gasteiger partial charge on any atom is -0.497 e. The molecular formula is C26H41NO5. The molecule has 0 fully saturated rings. The van der Waals surface area contributed by atoms with Gasteiger partial charge in [-0.3, -0.25) is 14.4 Å². The van der Waals surface area contributed by atoms with Crippen molar-refractivity contribution >= 4 is 17.7 Å². The van der Waals surface area contributed by atoms with E-state index in [0.29, 0.717) is 18.6 Å². The summed E-state index contributed by atoms with van der Waals surface area (Å²) in [7, 11) is 1.58. The van der Waals surface area contributed by atoms with Crippen molar-refractivity contribution in [1.82, 2.24) is 4.90 Å². The molecule has 6 heteroatoms. The third kappa shape index (κ3) is 10.8. The molecule has 1 N–H and O–H groups in total. The number of aliphatic carboxylic acids is 1. The molecule has 0 bridgehead atoms. The van der Waals surface area contributed by atoms with Crippen molar-refractivity contribution in [3.05, 3.63) is 29.8 Å². The molecular weight excluding hydrogens is 406 g/mol. The molecule has 0 saturated heterocycles. The smallest absolute Gasteiger partial charge is 0.323 e. The van der Waals surface area contributed by atoms with E-state index < -0.39 is 18.4 Å². The van der Waals surface area contributed by atoms with E-state index in [1.165, 1.54) is 4.90 Å². The van der Waals surface area contributed by atoms with E-state index in [9.17, 15) is 19.5 Å². The van der Waals surface area contributed by atoms with E-state index in [4.69, 9.17) is 4.74 Å². The second kappa shape index (κ2) is 16.3. The summed E-state index contributed by atoms with van der Waals surface area (Å²) in [6.07, 6.45) is 9.96. The van der Waals surface area contributed by atoms with Gasteiger partial charge in [-0.1, -0.05) is 77.3 Å². The number of nitrogens with zero attached hydrogens (tertiary/aromatic N) is 1. The Morgan fingerprint density at radius 3 is 2.06 bits per heavy atom. The first-order chi connectivity index (χ1) is 15.4. The molecule has 0 radical (unpaired) electrons. The molecule has 1 unspecified atom stereocenters. The number of unbranched alkanes of at least 4 members (excludes halogenated alkanes) is 7. The van der Waals surface area contributed by atoms with Crippen molar-refractivity contribution in [3.8, 4) is 5.75 Å². The Kier molecular flexibility index (Phi) is 14.1. The van der Waals surface area contributed by atoms with Crippen LogP contribution in [0.4, 0.5) is 0 Å². The summed E-state index contributed by atoms with van der Waals surface area (Å²) in [6.45, 7) is 4.01. The normalized spacial score (nSPS) is 11.7. The summed E-state index contributed by atoms with van der Waals surface area (Å²) in [6, 6.07) is 7.18. The highest BCUT2D eigenvalue weighted by Gasteiger charge is 2.30. The Balaban J connectivity index is 2.91. The number of rotatable bonds is 18. The van der Waals surface area contributed by atoms with Crippen LogP contribution in [0.5, 0.6) is 5.75 Å². The fourth-order valence-electron chi connectivity index (χ4n) is 3.82. The van der Waals surface area contributed by atoms with Gasteiger partial charge in [0, 0.05) is 13.0 Å². The zero-order valence-electron chi connectivity index (χ0n) is 20.1. The SMILES string of the molecule is CCCCCCCC(=O)C(CCCCCC)C(=O)N(CC(=O)O)Cc1ccc(OC)cc1. The van der Waals surface area contributed by atoms with Gasteiger partial charge in [-0.25, -0.2) is 0 Å². The first-order valence-electron chi connectivity index (χ1n) is 12.1. The molecule has 1 aromatic rings. The monoisotopic (exact) mass is 447 g/mol. The number of methoxy groups -OCH3 is 1. The van der Waals surface area contributed by atoms with Crippen LogP contribution in [-0.2, 0) is 20.9 Å². The van der Waals surface area contributed by atoms with Crippen LogP contribution < -0.4 is 4.74 Å². The summed E-state index contributed by atoms with van der Waals surface area (Å²) in [4.78, 5) is 39.1. The zero-order chi connectivity index (χ0) is 23.8. The molecule has 0 spiro atoms. The van der Waals surface area contributed by atoms with E-state index in [-0.39, 0.29) is 18.2 Å². The lowest BCUT2D eigenvalue weighted by Gasteiger charge is -2.26. The number of hydrogen-bond donors (Lipinski definition) is 1. The summed E-state index contributed by atoms with van der Waals surface area (Å²) in [5.41, 5.74) is 0.803. The largest absolute Gasteiger partial charge is 0.497 e. The van der Waals surface area contributed by atoms with Crippen LogP contribution in [0.2, 0.25) is 0 Å². The molecule has 1 rings (SSSR count). The van der Waals surface area contributed by atoms with E-state index in [1.807, 2.05) is 12.1 Å². The molecule has 1 atom stereocenters. The molecule has 0 aromatic heterocycles. The molecule has 0 saturated carbocycles. The summed E-state index contributed by atoms with van der Waals surface area (Å²) >= 11 is 0. The Bertz CT molecular complexity index is 686. The van der Waals surface area contributed by atoms with Gasteiger partial charge >= 0.3 is 5.97 Å². The predicted molar refractivity (Wildman–Crippen MR) is 127 cm³/mol. The number of carboxylic acids is 1. The Morgan fingerprint density at radius 2 is 1.50 bits per heavy atom. The number of carbonyl (C=O) groups is 3. The van der Waals surface area contributed by atoms with Gasteiger partial charge in [0.25, 0.3) is 0 Å². The van der Waals surface area contributed by atoms with Gasteiger partial charge in [0.15, 0.2) is 0 Å². The number of carbonyl (C=O) groups excluding carboxylic acids is 2. The summed E-state index contributed by atoms with van der Waals surface area (Å²) in [5.74, 6) is -1.55. The lowest BCUT2D eigenvalue weighted by Crippen LogP contribution is -2.41. The second-order valence-corrected chi connectivity index (χ2v) is 8.47. The number of amides is 1. The lowest BCUT2D eigenvalue weighted by molar-refractivity contribution is -0.149. The number of ether oxygens (including phenoxy) is 1. The molecule has 180 valence electrons. The van der Waals surface area contributed by atoms with Crippen molar-refractivity contribution in [1.29, 1.82) is 0 Å². The van der Waals surface area contributed by atoms with E-state index in [0.717, 1.165) is 63.4 Å². The highest BCUT2D eigenvalue weighted by molar-refractivity contribution is 6.02. The van der Waals surface area contributed by atoms with Crippen LogP contribution in [-0.4, -0.2) is 41.3 Å². The van der Waals surface area contributed by atoms with Crippen LogP contribution in [0.15, 0.2) is 24.3 Å². The van der Waals surface area contributed by atoms with Gasteiger partial charge in [0.05, 0.1) is 13.0 Å². The van der Waals surface area contributed by atoms with Crippen LogP contribution in [0.25, 0.3) is 0 Å². The van der Waals surface area contributed by atoms with Gasteiger partial charge < -0.3 is 14.7 Å². The van der Waals surface area contributed by atoms with Gasteiger partial charge in [-0.15, -0.1) is 0 Å².